The summed E-state index contributed by atoms with van der Waals surface area (Å²) in [4.78, 5) is 29.6. The zero-order chi connectivity index (χ0) is 22.2. The number of amides is 1. The summed E-state index contributed by atoms with van der Waals surface area (Å²) in [6, 6.07) is 13.1. The summed E-state index contributed by atoms with van der Waals surface area (Å²) in [6.45, 7) is -0.0670. The summed E-state index contributed by atoms with van der Waals surface area (Å²) in [7, 11) is 0. The van der Waals surface area contributed by atoms with Gasteiger partial charge in [-0.3, -0.25) is 4.79 Å². The van der Waals surface area contributed by atoms with E-state index in [1.54, 1.807) is 17.8 Å². The number of carbonyl (C=O) groups is 2. The van der Waals surface area contributed by atoms with Crippen LogP contribution in [0.15, 0.2) is 59.2 Å². The third-order valence-electron chi connectivity index (χ3n) is 4.31. The van der Waals surface area contributed by atoms with E-state index in [-0.39, 0.29) is 17.2 Å². The number of hydrogen-bond acceptors (Lipinski definition) is 6. The number of esters is 1. The molecule has 31 heavy (non-hydrogen) atoms. The minimum absolute atomic E-state index is 0.0670. The molecule has 1 atom stereocenters. The molecule has 0 fully saturated rings. The monoisotopic (exact) mass is 478 g/mol. The van der Waals surface area contributed by atoms with Crippen molar-refractivity contribution >= 4 is 46.8 Å². The average molecular weight is 479 g/mol. The van der Waals surface area contributed by atoms with Crippen LogP contribution in [-0.2, 0) is 16.1 Å². The van der Waals surface area contributed by atoms with E-state index in [0.717, 1.165) is 5.56 Å². The zero-order valence-electron chi connectivity index (χ0n) is 16.6. The molecule has 1 N–H and O–H groups in total. The fraction of sp³-hybridized carbons (Fsp3) is 0.227. The Balaban J connectivity index is 1.63. The summed E-state index contributed by atoms with van der Waals surface area (Å²) in [5.74, 6) is 0.0711. The Morgan fingerprint density at radius 3 is 2.68 bits per heavy atom. The molecule has 0 aliphatic carbocycles. The van der Waals surface area contributed by atoms with E-state index in [0.29, 0.717) is 28.8 Å². The van der Waals surface area contributed by atoms with Crippen LogP contribution in [0.1, 0.15) is 22.5 Å². The highest BCUT2D eigenvalue weighted by Gasteiger charge is 2.24. The Kier molecular flexibility index (Phi) is 8.40. The number of carbonyl (C=O) groups excluding carboxylic acids is 2. The molecular formula is C22H20Cl2N2O4S. The van der Waals surface area contributed by atoms with Crippen molar-refractivity contribution < 1.29 is 18.7 Å². The largest absolute Gasteiger partial charge is 0.458 e. The van der Waals surface area contributed by atoms with Crippen LogP contribution in [0.2, 0.25) is 10.0 Å². The van der Waals surface area contributed by atoms with Crippen molar-refractivity contribution in [2.45, 2.75) is 19.1 Å². The second-order valence-electron chi connectivity index (χ2n) is 6.55. The molecule has 0 bridgehead atoms. The molecule has 0 aliphatic heterocycles. The van der Waals surface area contributed by atoms with Crippen LogP contribution in [-0.4, -0.2) is 34.9 Å². The predicted molar refractivity (Wildman–Crippen MR) is 122 cm³/mol. The molecule has 0 radical (unpaired) electrons. The van der Waals surface area contributed by atoms with Crippen LogP contribution in [0.4, 0.5) is 0 Å². The van der Waals surface area contributed by atoms with E-state index < -0.39 is 17.9 Å². The first-order chi connectivity index (χ1) is 15.0. The van der Waals surface area contributed by atoms with Crippen LogP contribution < -0.4 is 5.32 Å². The van der Waals surface area contributed by atoms with Crippen molar-refractivity contribution in [3.63, 3.8) is 0 Å². The van der Waals surface area contributed by atoms with E-state index in [9.17, 15) is 9.59 Å². The van der Waals surface area contributed by atoms with Gasteiger partial charge in [0.05, 0.1) is 10.6 Å². The fourth-order valence-electron chi connectivity index (χ4n) is 2.73. The maximum absolute atomic E-state index is 12.6. The molecule has 1 heterocycles. The minimum Gasteiger partial charge on any atom is -0.458 e. The van der Waals surface area contributed by atoms with E-state index in [4.69, 9.17) is 32.4 Å². The molecule has 2 aromatic carbocycles. The molecule has 1 unspecified atom stereocenters. The van der Waals surface area contributed by atoms with Crippen LogP contribution in [0.25, 0.3) is 11.5 Å². The number of ether oxygens (including phenoxy) is 1. The summed E-state index contributed by atoms with van der Waals surface area (Å²) in [6.07, 6.45) is 3.77. The van der Waals surface area contributed by atoms with Gasteiger partial charge in [-0.15, -0.1) is 0 Å². The SMILES string of the molecule is CSCCC(NC(=O)c1ccc(Cl)cc1Cl)C(=O)OCc1coc(-c2ccccc2)n1. The van der Waals surface area contributed by atoms with Gasteiger partial charge in [-0.05, 0) is 48.8 Å². The summed E-state index contributed by atoms with van der Waals surface area (Å²) >= 11 is 13.5. The maximum atomic E-state index is 12.6. The molecule has 0 spiro atoms. The van der Waals surface area contributed by atoms with Crippen molar-refractivity contribution in [1.82, 2.24) is 10.3 Å². The molecule has 162 valence electrons. The highest BCUT2D eigenvalue weighted by atomic mass is 35.5. The van der Waals surface area contributed by atoms with E-state index in [1.807, 2.05) is 36.6 Å². The number of nitrogens with zero attached hydrogens (tertiary/aromatic N) is 1. The van der Waals surface area contributed by atoms with E-state index in [1.165, 1.54) is 18.4 Å². The molecular weight excluding hydrogens is 459 g/mol. The number of aromatic nitrogens is 1. The lowest BCUT2D eigenvalue weighted by molar-refractivity contribution is -0.147. The highest BCUT2D eigenvalue weighted by Crippen LogP contribution is 2.21. The lowest BCUT2D eigenvalue weighted by Crippen LogP contribution is -2.42. The first-order valence-corrected chi connectivity index (χ1v) is 11.5. The lowest BCUT2D eigenvalue weighted by Gasteiger charge is -2.17. The van der Waals surface area contributed by atoms with Gasteiger partial charge in [-0.25, -0.2) is 9.78 Å². The molecule has 1 aromatic heterocycles. The molecule has 0 saturated carbocycles. The Morgan fingerprint density at radius 1 is 1.19 bits per heavy atom. The summed E-state index contributed by atoms with van der Waals surface area (Å²) in [5.41, 5.74) is 1.53. The Hall–Kier alpha value is -2.48. The van der Waals surface area contributed by atoms with Crippen molar-refractivity contribution in [3.05, 3.63) is 76.1 Å². The molecule has 6 nitrogen and oxygen atoms in total. The topological polar surface area (TPSA) is 81.4 Å². The van der Waals surface area contributed by atoms with Crippen molar-refractivity contribution in [2.75, 3.05) is 12.0 Å². The van der Waals surface area contributed by atoms with Gasteiger partial charge in [0, 0.05) is 10.6 Å². The average Bonchev–Trinajstić information content (AvgIpc) is 3.24. The second kappa shape index (κ2) is 11.2. The number of benzene rings is 2. The molecule has 9 heteroatoms. The van der Waals surface area contributed by atoms with Crippen molar-refractivity contribution in [1.29, 1.82) is 0 Å². The quantitative estimate of drug-likeness (QED) is 0.423. The molecule has 0 saturated heterocycles. The van der Waals surface area contributed by atoms with Crippen LogP contribution in [0.5, 0.6) is 0 Å². The third-order valence-corrected chi connectivity index (χ3v) is 5.50. The van der Waals surface area contributed by atoms with Crippen LogP contribution in [0.3, 0.4) is 0 Å². The predicted octanol–water partition coefficient (Wildman–Crippen LogP) is 5.24. The Morgan fingerprint density at radius 2 is 1.97 bits per heavy atom. The van der Waals surface area contributed by atoms with Gasteiger partial charge >= 0.3 is 5.97 Å². The van der Waals surface area contributed by atoms with E-state index in [2.05, 4.69) is 10.3 Å². The van der Waals surface area contributed by atoms with Gasteiger partial charge in [-0.2, -0.15) is 11.8 Å². The number of thioether (sulfide) groups is 1. The summed E-state index contributed by atoms with van der Waals surface area (Å²) < 4.78 is 10.8. The van der Waals surface area contributed by atoms with Crippen LogP contribution >= 0.6 is 35.0 Å². The Bertz CT molecular complexity index is 1040. The Labute approximate surface area is 194 Å². The number of oxazole rings is 1. The first kappa shape index (κ1) is 23.2. The first-order valence-electron chi connectivity index (χ1n) is 9.39. The zero-order valence-corrected chi connectivity index (χ0v) is 19.0. The standard InChI is InChI=1S/C22H20Cl2N2O4S/c1-31-10-9-19(26-20(27)17-8-7-15(23)11-18(17)24)22(28)30-13-16-12-29-21(25-16)14-5-3-2-4-6-14/h2-8,11-12,19H,9-10,13H2,1H3,(H,26,27). The minimum atomic E-state index is -0.827. The molecule has 3 aromatic rings. The highest BCUT2D eigenvalue weighted by molar-refractivity contribution is 7.98. The third kappa shape index (κ3) is 6.50. The molecule has 3 rings (SSSR count). The van der Waals surface area contributed by atoms with Crippen molar-refractivity contribution in [2.24, 2.45) is 0 Å². The van der Waals surface area contributed by atoms with Gasteiger partial charge in [0.2, 0.25) is 5.89 Å². The normalized spacial score (nSPS) is 11.7. The molecule has 0 aliphatic rings. The van der Waals surface area contributed by atoms with Crippen LogP contribution in [0, 0.1) is 0 Å². The van der Waals surface area contributed by atoms with Crippen molar-refractivity contribution in [3.8, 4) is 11.5 Å². The molecule has 1 amide bonds. The lowest BCUT2D eigenvalue weighted by atomic mass is 10.1. The smallest absolute Gasteiger partial charge is 0.329 e. The number of halogens is 2. The summed E-state index contributed by atoms with van der Waals surface area (Å²) in [5, 5.41) is 3.32. The van der Waals surface area contributed by atoms with E-state index >= 15 is 0 Å². The maximum Gasteiger partial charge on any atom is 0.329 e. The number of nitrogens with one attached hydrogen (secondary N) is 1. The number of hydrogen-bond donors (Lipinski definition) is 1. The van der Waals surface area contributed by atoms with Gasteiger partial charge in [0.15, 0.2) is 0 Å². The van der Waals surface area contributed by atoms with Gasteiger partial charge in [-0.1, -0.05) is 41.4 Å². The van der Waals surface area contributed by atoms with Gasteiger partial charge in [0.1, 0.15) is 24.6 Å². The second-order valence-corrected chi connectivity index (χ2v) is 8.38. The van der Waals surface area contributed by atoms with Gasteiger partial charge < -0.3 is 14.5 Å². The van der Waals surface area contributed by atoms with Gasteiger partial charge in [0.25, 0.3) is 5.91 Å². The fourth-order valence-corrected chi connectivity index (χ4v) is 3.69. The number of rotatable bonds is 9.